The van der Waals surface area contributed by atoms with Crippen molar-refractivity contribution in [3.63, 3.8) is 0 Å². The summed E-state index contributed by atoms with van der Waals surface area (Å²) in [5.74, 6) is 1.50. The molecule has 0 amide bonds. The van der Waals surface area contributed by atoms with Crippen molar-refractivity contribution in [3.05, 3.63) is 25.9 Å². The summed E-state index contributed by atoms with van der Waals surface area (Å²) in [5, 5.41) is 0. The van der Waals surface area contributed by atoms with E-state index in [1.807, 2.05) is 29.5 Å². The van der Waals surface area contributed by atoms with Gasteiger partial charge in [-0.1, -0.05) is 13.8 Å². The van der Waals surface area contributed by atoms with Crippen LogP contribution in [0.1, 0.15) is 32.5 Å². The number of nitrogens with zero attached hydrogens (tertiary/aromatic N) is 2. The van der Waals surface area contributed by atoms with Gasteiger partial charge in [0.05, 0.1) is 3.57 Å². The summed E-state index contributed by atoms with van der Waals surface area (Å²) in [6, 6.07) is 0. The highest BCUT2D eigenvalue weighted by molar-refractivity contribution is 14.1. The van der Waals surface area contributed by atoms with Gasteiger partial charge in [-0.2, -0.15) is 0 Å². The number of aromatic nitrogens is 2. The Morgan fingerprint density at radius 2 is 2.20 bits per heavy atom. The Bertz CT molecular complexity index is 385. The molecule has 1 heterocycles. The first kappa shape index (κ1) is 12.7. The lowest BCUT2D eigenvalue weighted by Crippen LogP contribution is -2.25. The third-order valence-electron chi connectivity index (χ3n) is 2.37. The monoisotopic (exact) mass is 320 g/mol. The highest BCUT2D eigenvalue weighted by Gasteiger charge is 2.05. The summed E-state index contributed by atoms with van der Waals surface area (Å²) in [7, 11) is 0. The Hall–Kier alpha value is -0.390. The zero-order chi connectivity index (χ0) is 11.4. The quantitative estimate of drug-likeness (QED) is 0.799. The topological polar surface area (TPSA) is 34.9 Å². The summed E-state index contributed by atoms with van der Waals surface area (Å²) in [6.45, 7) is 7.06. The van der Waals surface area contributed by atoms with E-state index in [1.165, 1.54) is 0 Å². The Morgan fingerprint density at radius 3 is 2.80 bits per heavy atom. The molecule has 0 N–H and O–H groups in total. The molecule has 0 radical (unpaired) electrons. The second-order valence-electron chi connectivity index (χ2n) is 4.15. The van der Waals surface area contributed by atoms with E-state index in [0.717, 1.165) is 25.2 Å². The average Bonchev–Trinajstić information content (AvgIpc) is 2.17. The molecule has 1 aromatic heterocycles. The van der Waals surface area contributed by atoms with Gasteiger partial charge in [0.15, 0.2) is 0 Å². The molecule has 15 heavy (non-hydrogen) atoms. The highest BCUT2D eigenvalue weighted by Crippen LogP contribution is 2.05. The first-order valence-electron chi connectivity index (χ1n) is 5.24. The summed E-state index contributed by atoms with van der Waals surface area (Å²) in [4.78, 5) is 16.0. The maximum Gasteiger partial charge on any atom is 0.266 e. The molecule has 0 saturated heterocycles. The molecule has 0 saturated carbocycles. The lowest BCUT2D eigenvalue weighted by Gasteiger charge is -2.10. The molecular weight excluding hydrogens is 303 g/mol. The van der Waals surface area contributed by atoms with Crippen molar-refractivity contribution in [3.8, 4) is 0 Å². The predicted octanol–water partition coefficient (Wildman–Crippen LogP) is 2.59. The van der Waals surface area contributed by atoms with Gasteiger partial charge in [-0.3, -0.25) is 9.36 Å². The molecule has 0 aliphatic rings. The molecule has 1 aromatic rings. The standard InChI is InChI=1S/C11H17IN2O/c1-8(2)5-4-6-14-9(3)13-7-10(12)11(14)15/h7-8H,4-6H2,1-3H3. The Kier molecular flexibility index (Phi) is 4.76. The van der Waals surface area contributed by atoms with Crippen LogP contribution in [-0.2, 0) is 6.54 Å². The van der Waals surface area contributed by atoms with Crippen molar-refractivity contribution in [2.24, 2.45) is 5.92 Å². The summed E-state index contributed by atoms with van der Waals surface area (Å²) in [5.41, 5.74) is 0.0897. The van der Waals surface area contributed by atoms with E-state index in [-0.39, 0.29) is 5.56 Å². The van der Waals surface area contributed by atoms with E-state index in [2.05, 4.69) is 18.8 Å². The fourth-order valence-corrected chi connectivity index (χ4v) is 1.90. The zero-order valence-electron chi connectivity index (χ0n) is 9.46. The fourth-order valence-electron chi connectivity index (χ4n) is 1.47. The predicted molar refractivity (Wildman–Crippen MR) is 70.0 cm³/mol. The van der Waals surface area contributed by atoms with E-state index < -0.39 is 0 Å². The maximum absolute atomic E-state index is 11.8. The van der Waals surface area contributed by atoms with E-state index >= 15 is 0 Å². The molecule has 0 spiro atoms. The Balaban J connectivity index is 2.76. The molecule has 0 bridgehead atoms. The van der Waals surface area contributed by atoms with Gasteiger partial charge >= 0.3 is 0 Å². The largest absolute Gasteiger partial charge is 0.296 e. The van der Waals surface area contributed by atoms with Crippen LogP contribution in [0, 0.1) is 16.4 Å². The van der Waals surface area contributed by atoms with Gasteiger partial charge < -0.3 is 0 Å². The fraction of sp³-hybridized carbons (Fsp3) is 0.636. The summed E-state index contributed by atoms with van der Waals surface area (Å²) >= 11 is 2.04. The zero-order valence-corrected chi connectivity index (χ0v) is 11.6. The van der Waals surface area contributed by atoms with Gasteiger partial charge in [0.2, 0.25) is 0 Å². The number of hydrogen-bond acceptors (Lipinski definition) is 2. The van der Waals surface area contributed by atoms with Crippen LogP contribution >= 0.6 is 22.6 Å². The molecule has 0 unspecified atom stereocenters. The minimum Gasteiger partial charge on any atom is -0.296 e. The van der Waals surface area contributed by atoms with Crippen LogP contribution in [0.15, 0.2) is 11.0 Å². The molecule has 0 atom stereocenters. The van der Waals surface area contributed by atoms with Crippen molar-refractivity contribution in [2.45, 2.75) is 40.2 Å². The number of hydrogen-bond donors (Lipinski definition) is 0. The highest BCUT2D eigenvalue weighted by atomic mass is 127. The van der Waals surface area contributed by atoms with Crippen molar-refractivity contribution in [1.82, 2.24) is 9.55 Å². The minimum absolute atomic E-state index is 0.0897. The van der Waals surface area contributed by atoms with Crippen LogP contribution in [0.2, 0.25) is 0 Å². The molecule has 0 aromatic carbocycles. The maximum atomic E-state index is 11.8. The second-order valence-corrected chi connectivity index (χ2v) is 5.31. The van der Waals surface area contributed by atoms with Crippen molar-refractivity contribution in [1.29, 1.82) is 0 Å². The van der Waals surface area contributed by atoms with Gasteiger partial charge in [0.25, 0.3) is 5.56 Å². The van der Waals surface area contributed by atoms with E-state index in [4.69, 9.17) is 0 Å². The average molecular weight is 320 g/mol. The first-order valence-corrected chi connectivity index (χ1v) is 6.32. The molecule has 4 heteroatoms. The molecular formula is C11H17IN2O. The Labute approximate surface area is 104 Å². The van der Waals surface area contributed by atoms with Crippen molar-refractivity contribution in [2.75, 3.05) is 0 Å². The third kappa shape index (κ3) is 3.59. The smallest absolute Gasteiger partial charge is 0.266 e. The molecule has 0 fully saturated rings. The van der Waals surface area contributed by atoms with Crippen LogP contribution in [0.3, 0.4) is 0 Å². The van der Waals surface area contributed by atoms with Gasteiger partial charge in [-0.25, -0.2) is 4.98 Å². The first-order chi connectivity index (χ1) is 7.02. The normalized spacial score (nSPS) is 11.0. The van der Waals surface area contributed by atoms with Crippen LogP contribution in [0.4, 0.5) is 0 Å². The number of aryl methyl sites for hydroxylation is 1. The minimum atomic E-state index is 0.0897. The molecule has 84 valence electrons. The van der Waals surface area contributed by atoms with E-state index in [9.17, 15) is 4.79 Å². The number of halogens is 1. The third-order valence-corrected chi connectivity index (χ3v) is 3.11. The summed E-state index contributed by atoms with van der Waals surface area (Å²) < 4.78 is 2.46. The lowest BCUT2D eigenvalue weighted by molar-refractivity contribution is 0.496. The van der Waals surface area contributed by atoms with Crippen LogP contribution in [0.5, 0.6) is 0 Å². The number of rotatable bonds is 4. The Morgan fingerprint density at radius 1 is 1.53 bits per heavy atom. The van der Waals surface area contributed by atoms with Gasteiger partial charge in [0.1, 0.15) is 5.82 Å². The van der Waals surface area contributed by atoms with Crippen molar-refractivity contribution >= 4 is 22.6 Å². The van der Waals surface area contributed by atoms with Crippen molar-refractivity contribution < 1.29 is 0 Å². The summed E-state index contributed by atoms with van der Waals surface area (Å²) in [6.07, 6.45) is 3.83. The van der Waals surface area contributed by atoms with Crippen LogP contribution in [-0.4, -0.2) is 9.55 Å². The van der Waals surface area contributed by atoms with Crippen LogP contribution < -0.4 is 5.56 Å². The molecule has 0 aliphatic heterocycles. The van der Waals surface area contributed by atoms with Gasteiger partial charge in [-0.15, -0.1) is 0 Å². The second kappa shape index (κ2) is 5.63. The van der Waals surface area contributed by atoms with Gasteiger partial charge in [-0.05, 0) is 48.3 Å². The molecule has 1 rings (SSSR count). The van der Waals surface area contributed by atoms with Gasteiger partial charge in [0, 0.05) is 12.7 Å². The van der Waals surface area contributed by atoms with E-state index in [0.29, 0.717) is 9.49 Å². The molecule has 3 nitrogen and oxygen atoms in total. The molecule has 0 aliphatic carbocycles. The lowest BCUT2D eigenvalue weighted by atomic mass is 10.1. The van der Waals surface area contributed by atoms with Crippen LogP contribution in [0.25, 0.3) is 0 Å². The SMILES string of the molecule is Cc1ncc(I)c(=O)n1CCCC(C)C. The van der Waals surface area contributed by atoms with E-state index in [1.54, 1.807) is 10.8 Å².